The Kier molecular flexibility index (Phi) is 6.16. The molecule has 0 spiro atoms. The van der Waals surface area contributed by atoms with E-state index >= 15 is 0 Å². The molecule has 138 valence electrons. The summed E-state index contributed by atoms with van der Waals surface area (Å²) in [6.07, 6.45) is 5.00. The van der Waals surface area contributed by atoms with E-state index in [-0.39, 0.29) is 6.54 Å². The van der Waals surface area contributed by atoms with Gasteiger partial charge in [0.1, 0.15) is 0 Å². The molecule has 0 radical (unpaired) electrons. The van der Waals surface area contributed by atoms with Gasteiger partial charge in [0.05, 0.1) is 0 Å². The van der Waals surface area contributed by atoms with Gasteiger partial charge in [-0.15, -0.1) is 0 Å². The van der Waals surface area contributed by atoms with Crippen molar-refractivity contribution in [2.24, 2.45) is 0 Å². The summed E-state index contributed by atoms with van der Waals surface area (Å²) < 4.78 is 27.6. The number of pyridine rings is 1. The van der Waals surface area contributed by atoms with Gasteiger partial charge in [-0.25, -0.2) is 8.42 Å². The van der Waals surface area contributed by atoms with Crippen molar-refractivity contribution < 1.29 is 8.42 Å². The average molecular weight is 378 g/mol. The third kappa shape index (κ3) is 5.36. The van der Waals surface area contributed by atoms with Crippen molar-refractivity contribution in [1.82, 2.24) is 9.29 Å². The standard InChI is InChI=1S/C22H22N2O2S/c1-19-8-5-6-12-22(19)18-24(17-21-11-7-14-23-16-21)27(25,26)15-13-20-9-3-2-4-10-20/h2-16H,17-18H2,1H3/b15-13+. The van der Waals surface area contributed by atoms with E-state index in [1.807, 2.05) is 73.7 Å². The zero-order chi connectivity index (χ0) is 19.1. The molecule has 5 heteroatoms. The molecular weight excluding hydrogens is 356 g/mol. The summed E-state index contributed by atoms with van der Waals surface area (Å²) >= 11 is 0. The average Bonchev–Trinajstić information content (AvgIpc) is 2.69. The van der Waals surface area contributed by atoms with Gasteiger partial charge < -0.3 is 0 Å². The first-order valence-corrected chi connectivity index (χ1v) is 10.2. The minimum absolute atomic E-state index is 0.267. The van der Waals surface area contributed by atoms with Gasteiger partial charge >= 0.3 is 0 Å². The van der Waals surface area contributed by atoms with Crippen molar-refractivity contribution in [2.45, 2.75) is 20.0 Å². The topological polar surface area (TPSA) is 50.3 Å². The second-order valence-corrected chi connectivity index (χ2v) is 8.13. The van der Waals surface area contributed by atoms with Crippen molar-refractivity contribution in [3.63, 3.8) is 0 Å². The van der Waals surface area contributed by atoms with Crippen molar-refractivity contribution in [1.29, 1.82) is 0 Å². The lowest BCUT2D eigenvalue weighted by molar-refractivity contribution is 0.406. The molecule has 0 N–H and O–H groups in total. The van der Waals surface area contributed by atoms with E-state index < -0.39 is 10.0 Å². The molecule has 0 amide bonds. The van der Waals surface area contributed by atoms with Crippen LogP contribution in [-0.4, -0.2) is 17.7 Å². The Balaban J connectivity index is 1.90. The SMILES string of the molecule is Cc1ccccc1CN(Cc1cccnc1)S(=O)(=O)/C=C/c1ccccc1. The molecule has 0 saturated heterocycles. The van der Waals surface area contributed by atoms with E-state index in [0.717, 1.165) is 22.3 Å². The van der Waals surface area contributed by atoms with Crippen LogP contribution in [0.1, 0.15) is 22.3 Å². The van der Waals surface area contributed by atoms with E-state index in [1.54, 1.807) is 18.5 Å². The maximum Gasteiger partial charge on any atom is 0.236 e. The first-order chi connectivity index (χ1) is 13.0. The van der Waals surface area contributed by atoms with Crippen LogP contribution in [0.25, 0.3) is 6.08 Å². The summed E-state index contributed by atoms with van der Waals surface area (Å²) in [6.45, 7) is 2.57. The number of benzene rings is 2. The molecule has 3 aromatic rings. The van der Waals surface area contributed by atoms with E-state index in [4.69, 9.17) is 0 Å². The molecule has 3 rings (SSSR count). The van der Waals surface area contributed by atoms with Gasteiger partial charge in [0, 0.05) is 30.9 Å². The molecule has 4 nitrogen and oxygen atoms in total. The molecule has 0 aliphatic heterocycles. The van der Waals surface area contributed by atoms with Gasteiger partial charge in [-0.05, 0) is 41.3 Å². The zero-order valence-electron chi connectivity index (χ0n) is 15.2. The molecule has 2 aromatic carbocycles. The maximum atomic E-state index is 13.0. The van der Waals surface area contributed by atoms with Gasteiger partial charge in [0.25, 0.3) is 0 Å². The van der Waals surface area contributed by atoms with Crippen LogP contribution in [0.15, 0.2) is 84.5 Å². The van der Waals surface area contributed by atoms with Crippen LogP contribution in [0, 0.1) is 6.92 Å². The number of rotatable bonds is 7. The Labute approximate surface area is 160 Å². The van der Waals surface area contributed by atoms with Crippen molar-refractivity contribution in [3.05, 3.63) is 107 Å². The molecule has 0 atom stereocenters. The fourth-order valence-electron chi connectivity index (χ4n) is 2.72. The highest BCUT2D eigenvalue weighted by molar-refractivity contribution is 7.92. The van der Waals surface area contributed by atoms with Crippen LogP contribution in [0.2, 0.25) is 0 Å². The summed E-state index contributed by atoms with van der Waals surface area (Å²) in [5.74, 6) is 0. The van der Waals surface area contributed by atoms with Crippen LogP contribution in [0.3, 0.4) is 0 Å². The monoisotopic (exact) mass is 378 g/mol. The molecule has 0 unspecified atom stereocenters. The highest BCUT2D eigenvalue weighted by Gasteiger charge is 2.20. The Morgan fingerprint density at radius 1 is 0.926 bits per heavy atom. The number of nitrogens with zero attached hydrogens (tertiary/aromatic N) is 2. The predicted molar refractivity (Wildman–Crippen MR) is 109 cm³/mol. The van der Waals surface area contributed by atoms with Crippen LogP contribution < -0.4 is 0 Å². The quantitative estimate of drug-likeness (QED) is 0.612. The molecule has 0 fully saturated rings. The fraction of sp³-hybridized carbons (Fsp3) is 0.136. The zero-order valence-corrected chi connectivity index (χ0v) is 16.0. The number of hydrogen-bond donors (Lipinski definition) is 0. The van der Waals surface area contributed by atoms with Crippen molar-refractivity contribution in [2.75, 3.05) is 0 Å². The summed E-state index contributed by atoms with van der Waals surface area (Å²) in [6, 6.07) is 20.9. The second kappa shape index (κ2) is 8.75. The van der Waals surface area contributed by atoms with E-state index in [9.17, 15) is 8.42 Å². The fourth-order valence-corrected chi connectivity index (χ4v) is 3.87. The molecule has 0 bridgehead atoms. The number of aromatic nitrogens is 1. The third-order valence-corrected chi connectivity index (χ3v) is 5.74. The molecule has 1 heterocycles. The first-order valence-electron chi connectivity index (χ1n) is 8.71. The minimum atomic E-state index is -3.61. The lowest BCUT2D eigenvalue weighted by Gasteiger charge is -2.21. The van der Waals surface area contributed by atoms with E-state index in [1.165, 1.54) is 9.71 Å². The Morgan fingerprint density at radius 3 is 2.37 bits per heavy atom. The van der Waals surface area contributed by atoms with Crippen molar-refractivity contribution in [3.8, 4) is 0 Å². The molecular formula is C22H22N2O2S. The Hall–Kier alpha value is -2.76. The maximum absolute atomic E-state index is 13.0. The lowest BCUT2D eigenvalue weighted by Crippen LogP contribution is -2.28. The van der Waals surface area contributed by atoms with Gasteiger partial charge in [0.15, 0.2) is 0 Å². The Morgan fingerprint density at radius 2 is 1.67 bits per heavy atom. The molecule has 27 heavy (non-hydrogen) atoms. The summed E-state index contributed by atoms with van der Waals surface area (Å²) in [4.78, 5) is 4.10. The number of hydrogen-bond acceptors (Lipinski definition) is 3. The normalized spacial score (nSPS) is 11.9. The minimum Gasteiger partial charge on any atom is -0.264 e. The smallest absolute Gasteiger partial charge is 0.236 e. The summed E-state index contributed by atoms with van der Waals surface area (Å²) in [5.41, 5.74) is 3.75. The summed E-state index contributed by atoms with van der Waals surface area (Å²) in [5, 5.41) is 1.27. The molecule has 0 aliphatic carbocycles. The van der Waals surface area contributed by atoms with Crippen molar-refractivity contribution >= 4 is 16.1 Å². The second-order valence-electron chi connectivity index (χ2n) is 6.31. The summed E-state index contributed by atoms with van der Waals surface area (Å²) in [7, 11) is -3.61. The van der Waals surface area contributed by atoms with Gasteiger partial charge in [0.2, 0.25) is 10.0 Å². The number of aryl methyl sites for hydroxylation is 1. The van der Waals surface area contributed by atoms with Gasteiger partial charge in [-0.3, -0.25) is 4.98 Å². The first kappa shape index (κ1) is 19.0. The largest absolute Gasteiger partial charge is 0.264 e. The Bertz CT molecular complexity index is 1000. The van der Waals surface area contributed by atoms with Gasteiger partial charge in [-0.2, -0.15) is 4.31 Å². The van der Waals surface area contributed by atoms with Crippen LogP contribution in [0.4, 0.5) is 0 Å². The van der Waals surface area contributed by atoms with Crippen LogP contribution in [0.5, 0.6) is 0 Å². The predicted octanol–water partition coefficient (Wildman–Crippen LogP) is 4.39. The highest BCUT2D eigenvalue weighted by atomic mass is 32.2. The molecule has 0 saturated carbocycles. The third-order valence-electron chi connectivity index (χ3n) is 4.28. The molecule has 0 aliphatic rings. The molecule has 1 aromatic heterocycles. The van der Waals surface area contributed by atoms with Crippen LogP contribution in [-0.2, 0) is 23.1 Å². The van der Waals surface area contributed by atoms with E-state index in [2.05, 4.69) is 4.98 Å². The van der Waals surface area contributed by atoms with Gasteiger partial charge in [-0.1, -0.05) is 60.7 Å². The van der Waals surface area contributed by atoms with E-state index in [0.29, 0.717) is 6.54 Å². The highest BCUT2D eigenvalue weighted by Crippen LogP contribution is 2.18. The number of sulfonamides is 1. The van der Waals surface area contributed by atoms with Crippen LogP contribution >= 0.6 is 0 Å². The lowest BCUT2D eigenvalue weighted by atomic mass is 10.1.